The fourth-order valence-electron chi connectivity index (χ4n) is 2.28. The van der Waals surface area contributed by atoms with E-state index >= 15 is 0 Å². The monoisotopic (exact) mass is 390 g/mol. The lowest BCUT2D eigenvalue weighted by Crippen LogP contribution is -2.39. The van der Waals surface area contributed by atoms with Crippen LogP contribution in [0.15, 0.2) is 56.8 Å². The van der Waals surface area contributed by atoms with E-state index in [4.69, 9.17) is 16.0 Å². The van der Waals surface area contributed by atoms with Gasteiger partial charge < -0.3 is 14.7 Å². The van der Waals surface area contributed by atoms with Crippen LogP contribution in [0.4, 0.5) is 11.4 Å². The molecule has 0 bridgehead atoms. The fourth-order valence-corrected chi connectivity index (χ4v) is 2.51. The molecule has 2 N–H and O–H groups in total. The van der Waals surface area contributed by atoms with Gasteiger partial charge in [-0.3, -0.25) is 24.3 Å². The lowest BCUT2D eigenvalue weighted by molar-refractivity contribution is -0.384. The number of aromatic amines is 1. The van der Waals surface area contributed by atoms with E-state index in [2.05, 4.69) is 10.3 Å². The van der Waals surface area contributed by atoms with Gasteiger partial charge in [-0.1, -0.05) is 11.6 Å². The van der Waals surface area contributed by atoms with Crippen molar-refractivity contribution in [3.63, 3.8) is 0 Å². The number of hydrogen-bond donors (Lipinski definition) is 2. The normalized spacial score (nSPS) is 10.6. The fraction of sp³-hybridized carbons (Fsp3) is 0.0625. The van der Waals surface area contributed by atoms with Crippen molar-refractivity contribution in [1.29, 1.82) is 0 Å². The highest BCUT2D eigenvalue weighted by atomic mass is 35.5. The van der Waals surface area contributed by atoms with Gasteiger partial charge >= 0.3 is 5.69 Å². The summed E-state index contributed by atoms with van der Waals surface area (Å²) >= 11 is 5.92. The molecule has 3 aromatic rings. The predicted molar refractivity (Wildman–Crippen MR) is 95.2 cm³/mol. The van der Waals surface area contributed by atoms with Crippen molar-refractivity contribution < 1.29 is 14.1 Å². The molecular formula is C16H11ClN4O6. The number of rotatable bonds is 5. The number of nitro benzene ring substituents is 1. The van der Waals surface area contributed by atoms with Gasteiger partial charge in [0.2, 0.25) is 0 Å². The summed E-state index contributed by atoms with van der Waals surface area (Å²) in [5.41, 5.74) is -2.04. The second-order valence-corrected chi connectivity index (χ2v) is 5.76. The highest BCUT2D eigenvalue weighted by Gasteiger charge is 2.18. The van der Waals surface area contributed by atoms with Crippen molar-refractivity contribution in [2.75, 3.05) is 5.32 Å². The number of benzene rings is 1. The lowest BCUT2D eigenvalue weighted by Gasteiger charge is -2.08. The number of non-ortho nitro benzene ring substituents is 1. The van der Waals surface area contributed by atoms with Gasteiger partial charge in [0.25, 0.3) is 17.2 Å². The van der Waals surface area contributed by atoms with Gasteiger partial charge in [0.05, 0.1) is 28.4 Å². The Kier molecular flexibility index (Phi) is 4.90. The summed E-state index contributed by atoms with van der Waals surface area (Å²) in [6.07, 6.45) is 2.37. The number of hydrogen-bond acceptors (Lipinski definition) is 6. The minimum absolute atomic E-state index is 0.0714. The molecule has 0 radical (unpaired) electrons. The average Bonchev–Trinajstić information content (AvgIpc) is 3.13. The van der Waals surface area contributed by atoms with Crippen molar-refractivity contribution >= 4 is 28.9 Å². The number of H-pyrrole nitrogens is 1. The molecule has 27 heavy (non-hydrogen) atoms. The third kappa shape index (κ3) is 3.80. The van der Waals surface area contributed by atoms with Crippen molar-refractivity contribution in [2.45, 2.75) is 6.54 Å². The largest absolute Gasteiger partial charge is 0.467 e. The van der Waals surface area contributed by atoms with E-state index in [-0.39, 0.29) is 28.5 Å². The first-order valence-corrected chi connectivity index (χ1v) is 7.85. The summed E-state index contributed by atoms with van der Waals surface area (Å²) in [6.45, 7) is -0.152. The zero-order valence-corrected chi connectivity index (χ0v) is 14.2. The number of carbonyl (C=O) groups is 1. The van der Waals surface area contributed by atoms with Crippen LogP contribution < -0.4 is 16.6 Å². The maximum atomic E-state index is 12.5. The van der Waals surface area contributed by atoms with Gasteiger partial charge in [0.15, 0.2) is 0 Å². The summed E-state index contributed by atoms with van der Waals surface area (Å²) in [6, 6.07) is 6.64. The summed E-state index contributed by atoms with van der Waals surface area (Å²) in [4.78, 5) is 49.2. The van der Waals surface area contributed by atoms with Gasteiger partial charge in [-0.2, -0.15) is 0 Å². The number of halogens is 1. The molecule has 11 heteroatoms. The van der Waals surface area contributed by atoms with Crippen molar-refractivity contribution in [3.8, 4) is 0 Å². The highest BCUT2D eigenvalue weighted by molar-refractivity contribution is 6.34. The molecule has 10 nitrogen and oxygen atoms in total. The average molecular weight is 391 g/mol. The van der Waals surface area contributed by atoms with Crippen molar-refractivity contribution in [2.24, 2.45) is 0 Å². The maximum absolute atomic E-state index is 12.5. The Labute approximate surface area is 155 Å². The smallest absolute Gasteiger partial charge is 0.328 e. The molecule has 138 valence electrons. The van der Waals surface area contributed by atoms with E-state index in [0.29, 0.717) is 5.76 Å². The Hall–Kier alpha value is -3.66. The highest BCUT2D eigenvalue weighted by Crippen LogP contribution is 2.26. The summed E-state index contributed by atoms with van der Waals surface area (Å²) < 4.78 is 5.91. The molecule has 0 saturated heterocycles. The summed E-state index contributed by atoms with van der Waals surface area (Å²) in [7, 11) is 0. The van der Waals surface area contributed by atoms with Crippen LogP contribution >= 0.6 is 11.6 Å². The van der Waals surface area contributed by atoms with Crippen LogP contribution in [0.5, 0.6) is 0 Å². The molecule has 0 saturated carbocycles. The Morgan fingerprint density at radius 1 is 1.33 bits per heavy atom. The molecule has 2 aromatic heterocycles. The number of carbonyl (C=O) groups excluding carboxylic acids is 1. The van der Waals surface area contributed by atoms with Gasteiger partial charge in [-0.25, -0.2) is 4.79 Å². The molecule has 0 aliphatic carbocycles. The van der Waals surface area contributed by atoms with E-state index in [0.717, 1.165) is 22.9 Å². The second kappa shape index (κ2) is 7.30. The number of anilines is 1. The predicted octanol–water partition coefficient (Wildman–Crippen LogP) is 1.99. The van der Waals surface area contributed by atoms with Crippen LogP contribution in [-0.4, -0.2) is 20.4 Å². The molecule has 3 rings (SSSR count). The van der Waals surface area contributed by atoms with Crippen LogP contribution in [0.1, 0.15) is 16.1 Å². The molecule has 0 aliphatic rings. The molecular weight excluding hydrogens is 380 g/mol. The third-order valence-electron chi connectivity index (χ3n) is 3.61. The minimum atomic E-state index is -0.833. The summed E-state index contributed by atoms with van der Waals surface area (Å²) in [5.74, 6) is -0.473. The van der Waals surface area contributed by atoms with Gasteiger partial charge in [-0.15, -0.1) is 0 Å². The summed E-state index contributed by atoms with van der Waals surface area (Å²) in [5, 5.41) is 13.0. The number of aromatic nitrogens is 2. The van der Waals surface area contributed by atoms with Crippen LogP contribution in [-0.2, 0) is 6.54 Å². The van der Waals surface area contributed by atoms with Crippen LogP contribution in [0.2, 0.25) is 5.02 Å². The molecule has 0 spiro atoms. The molecule has 0 unspecified atom stereocenters. The van der Waals surface area contributed by atoms with Gasteiger partial charge in [0.1, 0.15) is 11.3 Å². The van der Waals surface area contributed by atoms with Crippen LogP contribution in [0, 0.1) is 10.1 Å². The lowest BCUT2D eigenvalue weighted by atomic mass is 10.2. The zero-order valence-electron chi connectivity index (χ0n) is 13.5. The maximum Gasteiger partial charge on any atom is 0.328 e. The molecule has 0 aliphatic heterocycles. The van der Waals surface area contributed by atoms with Crippen LogP contribution in [0.25, 0.3) is 0 Å². The second-order valence-electron chi connectivity index (χ2n) is 5.35. The van der Waals surface area contributed by atoms with Crippen LogP contribution in [0.3, 0.4) is 0 Å². The van der Waals surface area contributed by atoms with E-state index < -0.39 is 22.1 Å². The Balaban J connectivity index is 1.90. The van der Waals surface area contributed by atoms with E-state index in [1.54, 1.807) is 12.1 Å². The third-order valence-corrected chi connectivity index (χ3v) is 3.92. The Bertz CT molecular complexity index is 1130. The molecule has 0 fully saturated rings. The minimum Gasteiger partial charge on any atom is -0.467 e. The van der Waals surface area contributed by atoms with Gasteiger partial charge in [-0.05, 0) is 18.2 Å². The van der Waals surface area contributed by atoms with E-state index in [9.17, 15) is 24.5 Å². The topological polar surface area (TPSA) is 140 Å². The Morgan fingerprint density at radius 3 is 2.74 bits per heavy atom. The number of amides is 1. The van der Waals surface area contributed by atoms with Crippen molar-refractivity contribution in [1.82, 2.24) is 9.55 Å². The molecule has 1 aromatic carbocycles. The number of furan rings is 1. The quantitative estimate of drug-likeness (QED) is 0.504. The van der Waals surface area contributed by atoms with Crippen molar-refractivity contribution in [3.05, 3.63) is 90.1 Å². The first-order valence-electron chi connectivity index (χ1n) is 7.47. The zero-order chi connectivity index (χ0) is 19.6. The SMILES string of the molecule is O=C(Nc1ccc([N+](=O)[O-])cc1Cl)c1c[nH]c(=O)n(Cc2ccco2)c1=O. The molecule has 0 atom stereocenters. The number of nitro groups is 1. The molecule has 2 heterocycles. The molecule has 1 amide bonds. The number of nitrogens with zero attached hydrogens (tertiary/aromatic N) is 2. The van der Waals surface area contributed by atoms with Gasteiger partial charge in [0, 0.05) is 18.3 Å². The van der Waals surface area contributed by atoms with E-state index in [1.165, 1.54) is 12.3 Å². The Morgan fingerprint density at radius 2 is 2.11 bits per heavy atom. The first kappa shape index (κ1) is 18.1. The van der Waals surface area contributed by atoms with E-state index in [1.807, 2.05) is 0 Å². The number of nitrogens with one attached hydrogen (secondary N) is 2. The standard InChI is InChI=1S/C16H11ClN4O6/c17-12-6-9(21(25)26)3-4-13(12)19-14(22)11-7-18-16(24)20(15(11)23)8-10-2-1-5-27-10/h1-7H,8H2,(H,18,24)(H,19,22). The first-order chi connectivity index (χ1) is 12.9.